The molecule has 5 nitrogen and oxygen atoms in total. The van der Waals surface area contributed by atoms with Gasteiger partial charge in [-0.05, 0) is 55.8 Å². The predicted octanol–water partition coefficient (Wildman–Crippen LogP) is 6.11. The number of carbonyl (C=O) groups is 1. The van der Waals surface area contributed by atoms with Crippen LogP contribution in [-0.2, 0) is 10.5 Å². The van der Waals surface area contributed by atoms with Gasteiger partial charge in [0, 0.05) is 17.1 Å². The summed E-state index contributed by atoms with van der Waals surface area (Å²) in [5.41, 5.74) is 3.71. The highest BCUT2D eigenvalue weighted by Gasteiger charge is 2.17. The number of ether oxygens (including phenoxy) is 1. The molecule has 0 atom stereocenters. The van der Waals surface area contributed by atoms with Crippen molar-refractivity contribution in [3.63, 3.8) is 0 Å². The fraction of sp³-hybridized carbons (Fsp3) is 0.154. The molecule has 0 radical (unpaired) electrons. The van der Waals surface area contributed by atoms with Crippen molar-refractivity contribution in [2.24, 2.45) is 0 Å². The minimum Gasteiger partial charge on any atom is -0.494 e. The predicted molar refractivity (Wildman–Crippen MR) is 131 cm³/mol. The van der Waals surface area contributed by atoms with Crippen molar-refractivity contribution in [3.8, 4) is 11.8 Å². The highest BCUT2D eigenvalue weighted by Crippen LogP contribution is 2.28. The highest BCUT2D eigenvalue weighted by molar-refractivity contribution is 8.02. The summed E-state index contributed by atoms with van der Waals surface area (Å²) in [4.78, 5) is 12.9. The summed E-state index contributed by atoms with van der Waals surface area (Å²) in [6, 6.07) is 26.8. The molecule has 0 aliphatic rings. The molecule has 1 amide bonds. The van der Waals surface area contributed by atoms with Crippen LogP contribution >= 0.6 is 11.8 Å². The van der Waals surface area contributed by atoms with Gasteiger partial charge in [-0.25, -0.2) is 0 Å². The Bertz CT molecular complexity index is 1100. The first-order chi connectivity index (χ1) is 15.6. The highest BCUT2D eigenvalue weighted by atomic mass is 32.2. The molecule has 0 aliphatic heterocycles. The number of anilines is 2. The van der Waals surface area contributed by atoms with Gasteiger partial charge in [-0.3, -0.25) is 4.79 Å². The van der Waals surface area contributed by atoms with Crippen LogP contribution in [0.1, 0.15) is 18.1 Å². The molecule has 2 N–H and O–H groups in total. The Morgan fingerprint density at radius 2 is 1.59 bits per heavy atom. The second kappa shape index (κ2) is 11.6. The molecule has 0 heterocycles. The minimum absolute atomic E-state index is 0.0276. The van der Waals surface area contributed by atoms with Crippen molar-refractivity contribution >= 4 is 29.0 Å². The number of rotatable bonds is 9. The van der Waals surface area contributed by atoms with Crippen molar-refractivity contribution in [3.05, 3.63) is 101 Å². The second-order valence-electron chi connectivity index (χ2n) is 6.99. The third-order valence-electron chi connectivity index (χ3n) is 4.52. The van der Waals surface area contributed by atoms with E-state index in [9.17, 15) is 10.1 Å². The van der Waals surface area contributed by atoms with E-state index in [0.29, 0.717) is 23.1 Å². The normalized spacial score (nSPS) is 11.2. The maximum absolute atomic E-state index is 12.9. The maximum Gasteiger partial charge on any atom is 0.269 e. The Balaban J connectivity index is 1.86. The number of carbonyl (C=O) groups excluding carboxylic acids is 1. The van der Waals surface area contributed by atoms with E-state index in [-0.39, 0.29) is 5.57 Å². The molecule has 0 unspecified atom stereocenters. The van der Waals surface area contributed by atoms with Gasteiger partial charge in [-0.15, -0.1) is 11.8 Å². The van der Waals surface area contributed by atoms with E-state index in [4.69, 9.17) is 4.74 Å². The largest absolute Gasteiger partial charge is 0.494 e. The lowest BCUT2D eigenvalue weighted by molar-refractivity contribution is -0.112. The standard InChI is InChI=1S/C26H25N3O2S/c1-3-31-23-15-13-22(14-16-23)29-26(32-18-20-11-9-19(2)10-12-20)24(17-27)25(30)28-21-7-5-4-6-8-21/h4-16,29H,3,18H2,1-2H3,(H,28,30). The quantitative estimate of drug-likeness (QED) is 0.308. The van der Waals surface area contributed by atoms with Gasteiger partial charge in [0.2, 0.25) is 0 Å². The lowest BCUT2D eigenvalue weighted by atomic mass is 10.2. The van der Waals surface area contributed by atoms with Crippen molar-refractivity contribution in [2.75, 3.05) is 17.2 Å². The number of hydrogen-bond acceptors (Lipinski definition) is 5. The van der Waals surface area contributed by atoms with Gasteiger partial charge in [0.25, 0.3) is 5.91 Å². The lowest BCUT2D eigenvalue weighted by Crippen LogP contribution is -2.17. The van der Waals surface area contributed by atoms with E-state index in [1.807, 2.05) is 80.6 Å². The van der Waals surface area contributed by atoms with Gasteiger partial charge in [0.15, 0.2) is 0 Å². The second-order valence-corrected chi connectivity index (χ2v) is 7.98. The Kier molecular flexibility index (Phi) is 8.36. The molecule has 6 heteroatoms. The van der Waals surface area contributed by atoms with E-state index >= 15 is 0 Å². The molecule has 0 saturated heterocycles. The molecule has 162 valence electrons. The number of nitrogens with zero attached hydrogens (tertiary/aromatic N) is 1. The Morgan fingerprint density at radius 1 is 0.938 bits per heavy atom. The van der Waals surface area contributed by atoms with E-state index in [2.05, 4.69) is 16.7 Å². The summed E-state index contributed by atoms with van der Waals surface area (Å²) in [5, 5.41) is 16.4. The molecule has 0 spiro atoms. The molecule has 0 aliphatic carbocycles. The molecule has 0 bridgehead atoms. The SMILES string of the molecule is CCOc1ccc(NC(SCc2ccc(C)cc2)=C(C#N)C(=O)Nc2ccccc2)cc1. The van der Waals surface area contributed by atoms with Crippen molar-refractivity contribution in [1.29, 1.82) is 5.26 Å². The van der Waals surface area contributed by atoms with Gasteiger partial charge in [0.1, 0.15) is 17.4 Å². The summed E-state index contributed by atoms with van der Waals surface area (Å²) in [5.74, 6) is 0.922. The summed E-state index contributed by atoms with van der Waals surface area (Å²) in [6.45, 7) is 4.55. The summed E-state index contributed by atoms with van der Waals surface area (Å²) < 4.78 is 5.49. The molecule has 0 saturated carbocycles. The van der Waals surface area contributed by atoms with E-state index < -0.39 is 5.91 Å². The number of para-hydroxylation sites is 1. The zero-order valence-electron chi connectivity index (χ0n) is 18.1. The van der Waals surface area contributed by atoms with Crippen molar-refractivity contribution in [1.82, 2.24) is 0 Å². The van der Waals surface area contributed by atoms with Gasteiger partial charge in [0.05, 0.1) is 11.6 Å². The topological polar surface area (TPSA) is 74.1 Å². The number of aryl methyl sites for hydroxylation is 1. The van der Waals surface area contributed by atoms with Crippen molar-refractivity contribution in [2.45, 2.75) is 19.6 Å². The maximum atomic E-state index is 12.9. The average molecular weight is 444 g/mol. The van der Waals surface area contributed by atoms with Crippen LogP contribution in [0.3, 0.4) is 0 Å². The Morgan fingerprint density at radius 3 is 2.22 bits per heavy atom. The van der Waals surface area contributed by atoms with E-state index in [0.717, 1.165) is 17.0 Å². The first-order valence-corrected chi connectivity index (χ1v) is 11.3. The molecular weight excluding hydrogens is 418 g/mol. The Labute approximate surface area is 193 Å². The zero-order valence-corrected chi connectivity index (χ0v) is 18.9. The van der Waals surface area contributed by atoms with E-state index in [1.54, 1.807) is 12.1 Å². The fourth-order valence-corrected chi connectivity index (χ4v) is 3.84. The minimum atomic E-state index is -0.455. The number of benzene rings is 3. The molecule has 3 aromatic rings. The van der Waals surface area contributed by atoms with Crippen LogP contribution in [0.4, 0.5) is 11.4 Å². The molecule has 0 fully saturated rings. The zero-order chi connectivity index (χ0) is 22.8. The molecule has 3 aromatic carbocycles. The summed E-state index contributed by atoms with van der Waals surface area (Å²) in [6.07, 6.45) is 0. The fourth-order valence-electron chi connectivity index (χ4n) is 2.86. The lowest BCUT2D eigenvalue weighted by Gasteiger charge is -2.14. The van der Waals surface area contributed by atoms with Crippen LogP contribution in [0.2, 0.25) is 0 Å². The molecular formula is C26H25N3O2S. The van der Waals surface area contributed by atoms with Crippen LogP contribution in [0.15, 0.2) is 89.5 Å². The van der Waals surface area contributed by atoms with Crippen molar-refractivity contribution < 1.29 is 9.53 Å². The number of hydrogen-bond donors (Lipinski definition) is 2. The number of nitrogens with one attached hydrogen (secondary N) is 2. The first-order valence-electron chi connectivity index (χ1n) is 10.3. The van der Waals surface area contributed by atoms with Crippen LogP contribution in [0, 0.1) is 18.3 Å². The van der Waals surface area contributed by atoms with Crippen LogP contribution in [-0.4, -0.2) is 12.5 Å². The van der Waals surface area contributed by atoms with Gasteiger partial charge in [-0.1, -0.05) is 48.0 Å². The van der Waals surface area contributed by atoms with Gasteiger partial charge < -0.3 is 15.4 Å². The van der Waals surface area contributed by atoms with Gasteiger partial charge >= 0.3 is 0 Å². The van der Waals surface area contributed by atoms with Crippen LogP contribution in [0.5, 0.6) is 5.75 Å². The summed E-state index contributed by atoms with van der Waals surface area (Å²) in [7, 11) is 0. The van der Waals surface area contributed by atoms with Gasteiger partial charge in [-0.2, -0.15) is 5.26 Å². The average Bonchev–Trinajstić information content (AvgIpc) is 2.81. The molecule has 3 rings (SSSR count). The van der Waals surface area contributed by atoms with Crippen LogP contribution < -0.4 is 15.4 Å². The summed E-state index contributed by atoms with van der Waals surface area (Å²) >= 11 is 1.42. The monoisotopic (exact) mass is 443 g/mol. The van der Waals surface area contributed by atoms with E-state index in [1.165, 1.54) is 17.3 Å². The first kappa shape index (κ1) is 23.0. The van der Waals surface area contributed by atoms with Crippen LogP contribution in [0.25, 0.3) is 0 Å². The molecule has 32 heavy (non-hydrogen) atoms. The Hall–Kier alpha value is -3.69. The number of nitriles is 1. The molecule has 0 aromatic heterocycles. The third-order valence-corrected chi connectivity index (χ3v) is 5.60. The third kappa shape index (κ3) is 6.66. The number of thioether (sulfide) groups is 1. The number of amides is 1. The smallest absolute Gasteiger partial charge is 0.269 e.